The Kier molecular flexibility index (Phi) is 2.45. The summed E-state index contributed by atoms with van der Waals surface area (Å²) in [6.45, 7) is 0. The number of methoxy groups -OCH3 is 1. The van der Waals surface area contributed by atoms with E-state index in [1.807, 2.05) is 12.1 Å². The summed E-state index contributed by atoms with van der Waals surface area (Å²) < 4.78 is 6.21. The highest BCUT2D eigenvalue weighted by molar-refractivity contribution is 14.1. The summed E-state index contributed by atoms with van der Waals surface area (Å²) in [6, 6.07) is 3.83. The van der Waals surface area contributed by atoms with Crippen LogP contribution in [0.5, 0.6) is 5.75 Å². The van der Waals surface area contributed by atoms with Gasteiger partial charge in [0.1, 0.15) is 5.75 Å². The fourth-order valence-electron chi connectivity index (χ4n) is 1.40. The Balaban J connectivity index is 2.76. The molecule has 14 heavy (non-hydrogen) atoms. The number of benzene rings is 1. The van der Waals surface area contributed by atoms with E-state index in [0.717, 1.165) is 26.5 Å². The van der Waals surface area contributed by atoms with Crippen molar-refractivity contribution in [1.29, 1.82) is 0 Å². The lowest BCUT2D eigenvalue weighted by atomic mass is 10.2. The van der Waals surface area contributed by atoms with Gasteiger partial charge in [0.05, 0.1) is 10.7 Å². The van der Waals surface area contributed by atoms with E-state index in [-0.39, 0.29) is 0 Å². The summed E-state index contributed by atoms with van der Waals surface area (Å²) >= 11 is 2.20. The summed E-state index contributed by atoms with van der Waals surface area (Å²) in [5.41, 5.74) is 1.62. The molecule has 0 fully saturated rings. The summed E-state index contributed by atoms with van der Waals surface area (Å²) in [5.74, 6) is 0.792. The predicted octanol–water partition coefficient (Wildman–Crippen LogP) is 2.59. The third-order valence-electron chi connectivity index (χ3n) is 2.11. The minimum Gasteiger partial charge on any atom is -0.496 e. The zero-order valence-electron chi connectivity index (χ0n) is 7.50. The topological polar surface area (TPSA) is 42.1 Å². The SMILES string of the molecule is COc1cc2c(C=O)c[nH]c2cc1I. The molecular formula is C10H8INO2. The Morgan fingerprint density at radius 3 is 2.93 bits per heavy atom. The second-order valence-corrected chi connectivity index (χ2v) is 4.06. The van der Waals surface area contributed by atoms with Crippen molar-refractivity contribution in [3.05, 3.63) is 27.5 Å². The number of rotatable bonds is 2. The van der Waals surface area contributed by atoms with E-state index in [4.69, 9.17) is 4.74 Å². The average molecular weight is 301 g/mol. The minimum absolute atomic E-state index is 0.662. The fourth-order valence-corrected chi connectivity index (χ4v) is 2.09. The molecule has 1 heterocycles. The normalized spacial score (nSPS) is 10.4. The highest BCUT2D eigenvalue weighted by Gasteiger charge is 2.07. The van der Waals surface area contributed by atoms with Crippen LogP contribution in [0, 0.1) is 3.57 Å². The summed E-state index contributed by atoms with van der Waals surface area (Å²) in [6.07, 6.45) is 2.54. The molecule has 0 aliphatic carbocycles. The number of hydrogen-bond donors (Lipinski definition) is 1. The van der Waals surface area contributed by atoms with E-state index >= 15 is 0 Å². The molecule has 1 aromatic heterocycles. The molecule has 0 spiro atoms. The number of aromatic amines is 1. The summed E-state index contributed by atoms with van der Waals surface area (Å²) in [7, 11) is 1.62. The van der Waals surface area contributed by atoms with Crippen molar-refractivity contribution in [2.75, 3.05) is 7.11 Å². The van der Waals surface area contributed by atoms with Gasteiger partial charge in [-0.05, 0) is 34.7 Å². The highest BCUT2D eigenvalue weighted by atomic mass is 127. The van der Waals surface area contributed by atoms with E-state index in [2.05, 4.69) is 27.6 Å². The largest absolute Gasteiger partial charge is 0.496 e. The van der Waals surface area contributed by atoms with Gasteiger partial charge in [0, 0.05) is 22.7 Å². The zero-order chi connectivity index (χ0) is 10.1. The zero-order valence-corrected chi connectivity index (χ0v) is 9.66. The van der Waals surface area contributed by atoms with Crippen LogP contribution in [0.25, 0.3) is 10.9 Å². The maximum Gasteiger partial charge on any atom is 0.152 e. The molecule has 2 aromatic rings. The lowest BCUT2D eigenvalue weighted by molar-refractivity contribution is 0.112. The lowest BCUT2D eigenvalue weighted by Crippen LogP contribution is -1.87. The fraction of sp³-hybridized carbons (Fsp3) is 0.100. The Morgan fingerprint density at radius 2 is 2.29 bits per heavy atom. The van der Waals surface area contributed by atoms with Crippen LogP contribution in [0.2, 0.25) is 0 Å². The molecular weight excluding hydrogens is 293 g/mol. The second-order valence-electron chi connectivity index (χ2n) is 2.89. The number of nitrogens with one attached hydrogen (secondary N) is 1. The van der Waals surface area contributed by atoms with Gasteiger partial charge in [-0.3, -0.25) is 4.79 Å². The first-order valence-corrected chi connectivity index (χ1v) is 5.14. The first-order valence-electron chi connectivity index (χ1n) is 4.06. The quantitative estimate of drug-likeness (QED) is 0.684. The molecule has 0 saturated heterocycles. The molecule has 0 atom stereocenters. The van der Waals surface area contributed by atoms with Crippen LogP contribution in [-0.4, -0.2) is 18.4 Å². The van der Waals surface area contributed by atoms with Crippen molar-refractivity contribution in [3.63, 3.8) is 0 Å². The summed E-state index contributed by atoms with van der Waals surface area (Å²) in [5, 5.41) is 0.900. The molecule has 1 N–H and O–H groups in total. The molecule has 3 nitrogen and oxygen atoms in total. The third kappa shape index (κ3) is 1.39. The monoisotopic (exact) mass is 301 g/mol. The van der Waals surface area contributed by atoms with Gasteiger partial charge in [0.2, 0.25) is 0 Å². The number of hydrogen-bond acceptors (Lipinski definition) is 2. The van der Waals surface area contributed by atoms with Crippen molar-refractivity contribution < 1.29 is 9.53 Å². The second kappa shape index (κ2) is 3.61. The predicted molar refractivity (Wildman–Crippen MR) is 63.0 cm³/mol. The standard InChI is InChI=1S/C10H8INO2/c1-14-10-2-7-6(5-13)4-12-9(7)3-8(10)11/h2-5,12H,1H3. The van der Waals surface area contributed by atoms with Crippen molar-refractivity contribution >= 4 is 39.8 Å². The maximum absolute atomic E-state index is 10.7. The maximum atomic E-state index is 10.7. The van der Waals surface area contributed by atoms with Crippen LogP contribution < -0.4 is 4.74 Å². The van der Waals surface area contributed by atoms with Crippen LogP contribution >= 0.6 is 22.6 Å². The Bertz CT molecular complexity index is 490. The number of halogens is 1. The minimum atomic E-state index is 0.662. The number of aromatic nitrogens is 1. The smallest absolute Gasteiger partial charge is 0.152 e. The Labute approximate surface area is 94.6 Å². The number of H-pyrrole nitrogens is 1. The molecule has 1 aromatic carbocycles. The molecule has 0 unspecified atom stereocenters. The van der Waals surface area contributed by atoms with Crippen molar-refractivity contribution in [2.24, 2.45) is 0 Å². The van der Waals surface area contributed by atoms with Gasteiger partial charge in [-0.2, -0.15) is 0 Å². The van der Waals surface area contributed by atoms with E-state index < -0.39 is 0 Å². The molecule has 4 heteroatoms. The molecule has 0 saturated carbocycles. The number of carbonyl (C=O) groups excluding carboxylic acids is 1. The molecule has 0 amide bonds. The van der Waals surface area contributed by atoms with Gasteiger partial charge < -0.3 is 9.72 Å². The van der Waals surface area contributed by atoms with Gasteiger partial charge >= 0.3 is 0 Å². The van der Waals surface area contributed by atoms with Crippen LogP contribution in [0.3, 0.4) is 0 Å². The van der Waals surface area contributed by atoms with E-state index in [9.17, 15) is 4.79 Å². The van der Waals surface area contributed by atoms with Gasteiger partial charge in [-0.25, -0.2) is 0 Å². The summed E-state index contributed by atoms with van der Waals surface area (Å²) in [4.78, 5) is 13.7. The van der Waals surface area contributed by atoms with E-state index in [1.54, 1.807) is 13.3 Å². The Morgan fingerprint density at radius 1 is 1.50 bits per heavy atom. The van der Waals surface area contributed by atoms with Gasteiger partial charge in [-0.15, -0.1) is 0 Å². The Hall–Kier alpha value is -1.04. The van der Waals surface area contributed by atoms with Gasteiger partial charge in [-0.1, -0.05) is 0 Å². The lowest BCUT2D eigenvalue weighted by Gasteiger charge is -2.02. The first kappa shape index (κ1) is 9.51. The number of ether oxygens (including phenoxy) is 1. The average Bonchev–Trinajstić information content (AvgIpc) is 2.58. The van der Waals surface area contributed by atoms with Crippen LogP contribution in [-0.2, 0) is 0 Å². The van der Waals surface area contributed by atoms with Crippen molar-refractivity contribution in [3.8, 4) is 5.75 Å². The number of fused-ring (bicyclic) bond motifs is 1. The number of carbonyl (C=O) groups is 1. The first-order chi connectivity index (χ1) is 6.76. The van der Waals surface area contributed by atoms with E-state index in [1.165, 1.54) is 0 Å². The molecule has 0 radical (unpaired) electrons. The molecule has 2 rings (SSSR count). The van der Waals surface area contributed by atoms with Crippen molar-refractivity contribution in [2.45, 2.75) is 0 Å². The molecule has 0 aliphatic rings. The highest BCUT2D eigenvalue weighted by Crippen LogP contribution is 2.28. The van der Waals surface area contributed by atoms with E-state index in [0.29, 0.717) is 5.56 Å². The van der Waals surface area contributed by atoms with Gasteiger partial charge in [0.25, 0.3) is 0 Å². The molecule has 72 valence electrons. The third-order valence-corrected chi connectivity index (χ3v) is 2.96. The van der Waals surface area contributed by atoms with Gasteiger partial charge in [0.15, 0.2) is 6.29 Å². The van der Waals surface area contributed by atoms with Crippen molar-refractivity contribution in [1.82, 2.24) is 4.98 Å². The molecule has 0 aliphatic heterocycles. The van der Waals surface area contributed by atoms with Crippen LogP contribution in [0.4, 0.5) is 0 Å². The molecule has 0 bridgehead atoms. The van der Waals surface area contributed by atoms with Crippen LogP contribution in [0.15, 0.2) is 18.3 Å². The number of aldehydes is 1. The van der Waals surface area contributed by atoms with Crippen LogP contribution in [0.1, 0.15) is 10.4 Å².